The molecule has 1 fully saturated rings. The van der Waals surface area contributed by atoms with E-state index in [0.29, 0.717) is 16.7 Å². The van der Waals surface area contributed by atoms with Crippen LogP contribution in [0.25, 0.3) is 0 Å². The zero-order valence-electron chi connectivity index (χ0n) is 16.5. The number of pyridine rings is 1. The van der Waals surface area contributed by atoms with Crippen molar-refractivity contribution in [3.63, 3.8) is 0 Å². The third kappa shape index (κ3) is 4.48. The van der Waals surface area contributed by atoms with E-state index in [1.165, 1.54) is 4.90 Å². The predicted molar refractivity (Wildman–Crippen MR) is 117 cm³/mol. The number of benzene rings is 1. The van der Waals surface area contributed by atoms with Crippen molar-refractivity contribution in [3.8, 4) is 0 Å². The van der Waals surface area contributed by atoms with Gasteiger partial charge in [0.05, 0.1) is 17.7 Å². The van der Waals surface area contributed by atoms with E-state index in [0.717, 1.165) is 31.5 Å². The molecule has 1 saturated heterocycles. The van der Waals surface area contributed by atoms with Gasteiger partial charge in [0.25, 0.3) is 17.7 Å². The largest absolute Gasteiger partial charge is 0.339 e. The number of nitrogens with zero attached hydrogens (tertiary/aromatic N) is 3. The summed E-state index contributed by atoms with van der Waals surface area (Å²) in [6.45, 7) is 1.97. The summed E-state index contributed by atoms with van der Waals surface area (Å²) in [5.41, 5.74) is 1.90. The Morgan fingerprint density at radius 2 is 1.70 bits per heavy atom. The van der Waals surface area contributed by atoms with E-state index in [1.807, 2.05) is 0 Å². The summed E-state index contributed by atoms with van der Waals surface area (Å²) >= 11 is 0. The van der Waals surface area contributed by atoms with E-state index in [2.05, 4.69) is 10.3 Å². The highest BCUT2D eigenvalue weighted by Gasteiger charge is 2.36. The molecule has 3 amide bonds. The molecule has 0 unspecified atom stereocenters. The van der Waals surface area contributed by atoms with Crippen molar-refractivity contribution in [3.05, 3.63) is 65.0 Å². The lowest BCUT2D eigenvalue weighted by Gasteiger charge is -2.31. The summed E-state index contributed by atoms with van der Waals surface area (Å²) in [5.74, 6) is -0.818. The molecule has 7 nitrogen and oxygen atoms in total. The number of hydrogen-bond acceptors (Lipinski definition) is 5. The Morgan fingerprint density at radius 1 is 1.07 bits per heavy atom. The third-order valence-corrected chi connectivity index (χ3v) is 5.48. The van der Waals surface area contributed by atoms with Crippen LogP contribution in [-0.4, -0.2) is 58.7 Å². The van der Waals surface area contributed by atoms with Gasteiger partial charge in [0.2, 0.25) is 0 Å². The molecule has 1 aromatic carbocycles. The number of carbonyl (C=O) groups excluding carboxylic acids is 3. The van der Waals surface area contributed by atoms with Crippen molar-refractivity contribution >= 4 is 42.5 Å². The van der Waals surface area contributed by atoms with Crippen LogP contribution in [0.5, 0.6) is 0 Å². The highest BCUT2D eigenvalue weighted by Crippen LogP contribution is 2.26. The first-order valence-electron chi connectivity index (χ1n) is 9.43. The van der Waals surface area contributed by atoms with Crippen molar-refractivity contribution < 1.29 is 14.4 Å². The zero-order chi connectivity index (χ0) is 19.7. The van der Waals surface area contributed by atoms with Crippen LogP contribution in [-0.2, 0) is 6.54 Å². The number of piperidine rings is 1. The molecular formula is C21H24Cl2N4O3. The minimum atomic E-state index is -0.365. The van der Waals surface area contributed by atoms with E-state index < -0.39 is 0 Å². The number of amides is 3. The molecule has 4 rings (SSSR count). The Morgan fingerprint density at radius 3 is 2.37 bits per heavy atom. The van der Waals surface area contributed by atoms with E-state index in [9.17, 15) is 14.4 Å². The van der Waals surface area contributed by atoms with Crippen LogP contribution in [0.4, 0.5) is 0 Å². The van der Waals surface area contributed by atoms with Gasteiger partial charge in [-0.2, -0.15) is 0 Å². The molecule has 0 saturated carbocycles. The molecule has 1 aromatic heterocycles. The van der Waals surface area contributed by atoms with Crippen LogP contribution in [0.15, 0.2) is 42.7 Å². The average Bonchev–Trinajstić information content (AvgIpc) is 2.98. The van der Waals surface area contributed by atoms with Crippen molar-refractivity contribution in [2.45, 2.75) is 25.4 Å². The van der Waals surface area contributed by atoms with Gasteiger partial charge in [-0.25, -0.2) is 0 Å². The highest BCUT2D eigenvalue weighted by atomic mass is 35.5. The molecule has 0 spiro atoms. The van der Waals surface area contributed by atoms with Crippen LogP contribution in [0.1, 0.15) is 49.5 Å². The molecule has 0 bridgehead atoms. The molecule has 1 N–H and O–H groups in total. The molecule has 2 aliphatic heterocycles. The number of halogens is 2. The Hall–Kier alpha value is -2.48. The summed E-state index contributed by atoms with van der Waals surface area (Å²) in [6.07, 6.45) is 5.07. The lowest BCUT2D eigenvalue weighted by atomic mass is 10.0. The molecule has 160 valence electrons. The van der Waals surface area contributed by atoms with Gasteiger partial charge in [-0.15, -0.1) is 24.8 Å². The number of fused-ring (bicyclic) bond motifs is 1. The number of imide groups is 1. The summed E-state index contributed by atoms with van der Waals surface area (Å²) < 4.78 is 0. The van der Waals surface area contributed by atoms with E-state index >= 15 is 0 Å². The second-order valence-corrected chi connectivity index (χ2v) is 7.21. The van der Waals surface area contributed by atoms with Gasteiger partial charge in [0, 0.05) is 31.0 Å². The van der Waals surface area contributed by atoms with Gasteiger partial charge in [0.15, 0.2) is 0 Å². The van der Waals surface area contributed by atoms with Gasteiger partial charge in [-0.1, -0.05) is 0 Å². The zero-order valence-corrected chi connectivity index (χ0v) is 18.2. The van der Waals surface area contributed by atoms with Crippen LogP contribution in [0.3, 0.4) is 0 Å². The fourth-order valence-corrected chi connectivity index (χ4v) is 3.80. The lowest BCUT2D eigenvalue weighted by Crippen LogP contribution is -2.44. The number of carbonyl (C=O) groups is 3. The number of rotatable bonds is 4. The maximum atomic E-state index is 12.9. The minimum absolute atomic E-state index is 0. The molecule has 30 heavy (non-hydrogen) atoms. The van der Waals surface area contributed by atoms with Crippen molar-refractivity contribution in [1.82, 2.24) is 20.1 Å². The Labute approximate surface area is 187 Å². The average molecular weight is 451 g/mol. The predicted octanol–water partition coefficient (Wildman–Crippen LogP) is 2.55. The van der Waals surface area contributed by atoms with Gasteiger partial charge in [-0.05, 0) is 61.8 Å². The number of hydrogen-bond donors (Lipinski definition) is 1. The molecular weight excluding hydrogens is 427 g/mol. The highest BCUT2D eigenvalue weighted by molar-refractivity contribution is 6.22. The summed E-state index contributed by atoms with van der Waals surface area (Å²) in [7, 11) is 1.80. The summed E-state index contributed by atoms with van der Waals surface area (Å²) in [5, 5.41) is 3.29. The summed E-state index contributed by atoms with van der Waals surface area (Å²) in [4.78, 5) is 45.3. The Kier molecular flexibility index (Phi) is 7.95. The minimum Gasteiger partial charge on any atom is -0.339 e. The smallest absolute Gasteiger partial charge is 0.261 e. The molecule has 0 radical (unpaired) electrons. The standard InChI is InChI=1S/C21H22N4O3.2ClH/c1-24(16-6-10-23-11-7-16)19(26)15-2-3-17-18(12-15)21(28)25(20(17)27)13-14-4-8-22-9-5-14;;/h2-5,8-9,12,16,23H,6-7,10-11,13H2,1H3;2*1H. The van der Waals surface area contributed by atoms with Gasteiger partial charge in [-0.3, -0.25) is 24.3 Å². The first-order valence-corrected chi connectivity index (χ1v) is 9.43. The van der Waals surface area contributed by atoms with Crippen molar-refractivity contribution in [2.24, 2.45) is 0 Å². The molecule has 0 aliphatic carbocycles. The van der Waals surface area contributed by atoms with Crippen LogP contribution >= 0.6 is 24.8 Å². The van der Waals surface area contributed by atoms with Gasteiger partial charge >= 0.3 is 0 Å². The SMILES string of the molecule is CN(C(=O)c1ccc2c(c1)C(=O)N(Cc1ccncc1)C2=O)C1CCNCC1.Cl.Cl. The van der Waals surface area contributed by atoms with Crippen molar-refractivity contribution in [2.75, 3.05) is 20.1 Å². The molecule has 9 heteroatoms. The molecule has 2 aromatic rings. The second-order valence-electron chi connectivity index (χ2n) is 7.21. The molecule has 0 atom stereocenters. The van der Waals surface area contributed by atoms with E-state index in [4.69, 9.17) is 0 Å². The Bertz CT molecular complexity index is 933. The molecule has 2 aliphatic rings. The third-order valence-electron chi connectivity index (χ3n) is 5.48. The number of aromatic nitrogens is 1. The lowest BCUT2D eigenvalue weighted by molar-refractivity contribution is 0.0641. The number of nitrogens with one attached hydrogen (secondary N) is 1. The topological polar surface area (TPSA) is 82.6 Å². The van der Waals surface area contributed by atoms with E-state index in [1.54, 1.807) is 54.7 Å². The maximum Gasteiger partial charge on any atom is 0.261 e. The first kappa shape index (κ1) is 23.8. The monoisotopic (exact) mass is 450 g/mol. The van der Waals surface area contributed by atoms with Crippen LogP contribution in [0.2, 0.25) is 0 Å². The van der Waals surface area contributed by atoms with Gasteiger partial charge < -0.3 is 10.2 Å². The second kappa shape index (κ2) is 10.0. The summed E-state index contributed by atoms with van der Waals surface area (Å²) in [6, 6.07) is 8.51. The quantitative estimate of drug-likeness (QED) is 0.723. The fourth-order valence-electron chi connectivity index (χ4n) is 3.80. The Balaban J connectivity index is 0.00000160. The van der Waals surface area contributed by atoms with Crippen LogP contribution in [0, 0.1) is 0 Å². The van der Waals surface area contributed by atoms with Gasteiger partial charge in [0.1, 0.15) is 0 Å². The fraction of sp³-hybridized carbons (Fsp3) is 0.333. The van der Waals surface area contributed by atoms with Crippen molar-refractivity contribution in [1.29, 1.82) is 0 Å². The first-order chi connectivity index (χ1) is 13.6. The molecule has 3 heterocycles. The van der Waals surface area contributed by atoms with Crippen LogP contribution < -0.4 is 5.32 Å². The van der Waals surface area contributed by atoms with E-state index in [-0.39, 0.29) is 55.1 Å². The maximum absolute atomic E-state index is 12.9. The normalized spacial score (nSPS) is 15.8.